The van der Waals surface area contributed by atoms with Crippen LogP contribution in [0.25, 0.3) is 76.5 Å². The molecule has 9 rings (SSSR count). The first-order valence-electron chi connectivity index (χ1n) is 19.1. The van der Waals surface area contributed by atoms with E-state index >= 15 is 0 Å². The predicted molar refractivity (Wildman–Crippen MR) is 229 cm³/mol. The van der Waals surface area contributed by atoms with Gasteiger partial charge in [-0.1, -0.05) is 0 Å². The Morgan fingerprint density at radius 3 is 0.897 bits per heavy atom. The maximum atomic E-state index is 11.9. The van der Waals surface area contributed by atoms with Gasteiger partial charge < -0.3 is 122 Å². The number of rotatable bonds is 4. The van der Waals surface area contributed by atoms with E-state index in [2.05, 4.69) is 0 Å². The molecule has 0 spiro atoms. The summed E-state index contributed by atoms with van der Waals surface area (Å²) < 4.78 is 5.10. The number of phenolic OH excluding ortho intramolecular Hbond substituents is 23. The summed E-state index contributed by atoms with van der Waals surface area (Å²) >= 11 is 0. The van der Waals surface area contributed by atoms with Crippen LogP contribution in [0.1, 0.15) is 22.8 Å². The van der Waals surface area contributed by atoms with Gasteiger partial charge in [0.2, 0.25) is 34.5 Å². The van der Waals surface area contributed by atoms with Crippen LogP contribution in [-0.2, 0) is 4.74 Å². The van der Waals surface area contributed by atoms with Crippen LogP contribution in [0.2, 0.25) is 0 Å². The molecule has 68 heavy (non-hydrogen) atoms. The number of aryl methyl sites for hydroxylation is 1. The molecule has 1 unspecified atom stereocenters. The van der Waals surface area contributed by atoms with Crippen molar-refractivity contribution in [3.8, 4) is 166 Å². The molecule has 23 N–H and O–H groups in total. The highest BCUT2D eigenvalue weighted by Crippen LogP contribution is 2.69. The van der Waals surface area contributed by atoms with Crippen molar-refractivity contribution in [2.24, 2.45) is 0 Å². The molecular formula is C44H32O24. The molecule has 1 aliphatic rings. The van der Waals surface area contributed by atoms with Crippen molar-refractivity contribution < 1.29 is 122 Å². The molecule has 1 aliphatic heterocycles. The highest BCUT2D eigenvalue weighted by Gasteiger charge is 2.41. The quantitative estimate of drug-likeness (QED) is 0.0465. The number of benzene rings is 8. The second-order valence-electron chi connectivity index (χ2n) is 15.8. The molecule has 1 heterocycles. The van der Waals surface area contributed by atoms with E-state index in [0.717, 1.165) is 13.8 Å². The van der Waals surface area contributed by atoms with Crippen molar-refractivity contribution in [2.45, 2.75) is 20.0 Å². The van der Waals surface area contributed by atoms with Gasteiger partial charge in [0.05, 0.1) is 45.0 Å². The molecule has 0 bridgehead atoms. The molecular weight excluding hydrogens is 912 g/mol. The van der Waals surface area contributed by atoms with Crippen molar-refractivity contribution in [1.82, 2.24) is 0 Å². The van der Waals surface area contributed by atoms with Crippen LogP contribution in [0.5, 0.6) is 132 Å². The monoisotopic (exact) mass is 944 g/mol. The molecule has 0 aromatic heterocycles. The molecule has 8 aromatic carbocycles. The van der Waals surface area contributed by atoms with E-state index in [0.29, 0.717) is 0 Å². The van der Waals surface area contributed by atoms with Gasteiger partial charge in [0.1, 0.15) is 34.9 Å². The molecule has 24 nitrogen and oxygen atoms in total. The summed E-state index contributed by atoms with van der Waals surface area (Å²) in [4.78, 5) is 0. The Kier molecular flexibility index (Phi) is 8.68. The minimum absolute atomic E-state index is 0.0138. The lowest BCUT2D eigenvalue weighted by Gasteiger charge is -2.25. The zero-order valence-corrected chi connectivity index (χ0v) is 34.0. The van der Waals surface area contributed by atoms with Gasteiger partial charge in [-0.3, -0.25) is 0 Å². The number of epoxide rings is 1. The first-order valence-corrected chi connectivity index (χ1v) is 19.1. The molecule has 1 saturated heterocycles. The number of fused-ring (bicyclic) bond motifs is 4. The average Bonchev–Trinajstić information content (AvgIpc) is 4.14. The fourth-order valence-corrected chi connectivity index (χ4v) is 8.99. The van der Waals surface area contributed by atoms with Gasteiger partial charge in [-0.2, -0.15) is 0 Å². The average molecular weight is 945 g/mol. The summed E-state index contributed by atoms with van der Waals surface area (Å²) in [5.74, 6) is -33.5. The van der Waals surface area contributed by atoms with Gasteiger partial charge in [-0.25, -0.2) is 0 Å². The van der Waals surface area contributed by atoms with Gasteiger partial charge in [0.25, 0.3) is 0 Å². The highest BCUT2D eigenvalue weighted by molar-refractivity contribution is 6.31. The summed E-state index contributed by atoms with van der Waals surface area (Å²) in [5, 5.41) is 251. The largest absolute Gasteiger partial charge is 0.507 e. The Balaban J connectivity index is 1.51. The summed E-state index contributed by atoms with van der Waals surface area (Å²) in [6.07, 6.45) is -0.925. The van der Waals surface area contributed by atoms with Gasteiger partial charge in [0.15, 0.2) is 69.0 Å². The van der Waals surface area contributed by atoms with Crippen molar-refractivity contribution in [3.63, 3.8) is 0 Å². The van der Waals surface area contributed by atoms with E-state index in [-0.39, 0.29) is 12.2 Å². The van der Waals surface area contributed by atoms with E-state index in [4.69, 9.17) is 4.74 Å². The molecule has 0 aliphatic carbocycles. The van der Waals surface area contributed by atoms with Crippen molar-refractivity contribution in [1.29, 1.82) is 0 Å². The van der Waals surface area contributed by atoms with E-state index < -0.39 is 226 Å². The van der Waals surface area contributed by atoms with Gasteiger partial charge in [0, 0.05) is 54.7 Å². The third-order valence-electron chi connectivity index (χ3n) is 12.3. The summed E-state index contributed by atoms with van der Waals surface area (Å²) in [6.45, 7) is 2.01. The van der Waals surface area contributed by atoms with Gasteiger partial charge in [-0.15, -0.1) is 0 Å². The first kappa shape index (κ1) is 43.4. The molecule has 0 amide bonds. The van der Waals surface area contributed by atoms with Gasteiger partial charge in [-0.05, 0) is 13.8 Å². The molecule has 0 saturated carbocycles. The number of ether oxygens (including phenoxy) is 1. The lowest BCUT2D eigenvalue weighted by Crippen LogP contribution is -1.98. The van der Waals surface area contributed by atoms with E-state index in [9.17, 15) is 117 Å². The van der Waals surface area contributed by atoms with Crippen LogP contribution in [0.4, 0.5) is 0 Å². The Labute approximate surface area is 373 Å². The van der Waals surface area contributed by atoms with Crippen molar-refractivity contribution in [3.05, 3.63) is 16.7 Å². The van der Waals surface area contributed by atoms with Gasteiger partial charge >= 0.3 is 0 Å². The minimum Gasteiger partial charge on any atom is -0.507 e. The third kappa shape index (κ3) is 4.98. The normalized spacial score (nSPS) is 13.6. The zero-order chi connectivity index (χ0) is 50.1. The summed E-state index contributed by atoms with van der Waals surface area (Å²) in [7, 11) is 0. The maximum absolute atomic E-state index is 11.9. The number of hydrogen-bond donors (Lipinski definition) is 23. The Bertz CT molecular complexity index is 3630. The Hall–Kier alpha value is -9.84. The number of hydrogen-bond acceptors (Lipinski definition) is 24. The first-order chi connectivity index (χ1) is 31.8. The molecule has 8 aromatic rings. The molecule has 352 valence electrons. The topological polar surface area (TPSA) is 478 Å². The smallest absolute Gasteiger partial charge is 0.205 e. The van der Waals surface area contributed by atoms with Crippen LogP contribution in [0.15, 0.2) is 0 Å². The second-order valence-corrected chi connectivity index (χ2v) is 15.8. The lowest BCUT2D eigenvalue weighted by molar-refractivity contribution is 0.349. The Morgan fingerprint density at radius 1 is 0.235 bits per heavy atom. The standard InChI is InChI=1S/C44H32O24/c1-4-7(25(48)20-19(23(4)46)37(60)43(66)44(67)38(20)61)10-12-14(30(53)41(64)39(62)28(12)51)11(15-13(10)29(52)40(63)42(65)31(15)54)17-33(56)35(58)21(36(59)34(17)57)18-22(45)5(2)8-16(26(18)49)32(55)27(50)9(24(8)47)6-3-68-6/h6,45-67H,3H2,1-2H3. The Morgan fingerprint density at radius 2 is 0.515 bits per heavy atom. The lowest BCUT2D eigenvalue weighted by atomic mass is 9.80. The summed E-state index contributed by atoms with van der Waals surface area (Å²) in [6, 6.07) is 0. The molecule has 0 radical (unpaired) electrons. The van der Waals surface area contributed by atoms with E-state index in [1.807, 2.05) is 0 Å². The van der Waals surface area contributed by atoms with Crippen LogP contribution < -0.4 is 0 Å². The van der Waals surface area contributed by atoms with Crippen LogP contribution >= 0.6 is 0 Å². The highest BCUT2D eigenvalue weighted by atomic mass is 16.6. The molecule has 1 fully saturated rings. The summed E-state index contributed by atoms with van der Waals surface area (Å²) in [5.41, 5.74) is -8.75. The fraction of sp³-hybridized carbons (Fsp3) is 0.0909. The van der Waals surface area contributed by atoms with Crippen LogP contribution in [-0.4, -0.2) is 124 Å². The minimum atomic E-state index is -1.73. The molecule has 24 heteroatoms. The third-order valence-corrected chi connectivity index (χ3v) is 12.3. The number of aromatic hydroxyl groups is 23. The van der Waals surface area contributed by atoms with E-state index in [1.165, 1.54) is 0 Å². The zero-order valence-electron chi connectivity index (χ0n) is 34.0. The number of phenols is 23. The predicted octanol–water partition coefficient (Wildman–Crippen LogP) is 5.22. The second kappa shape index (κ2) is 13.6. The maximum Gasteiger partial charge on any atom is 0.205 e. The SMILES string of the molecule is Cc1c(-c2c3c(O)c(O)c(O)c(O)c3c(-c3c(O)c(O)c(-c4c(O)c(C)c5c(O)c(C6CO6)c(O)c(O)c5c4O)c(O)c3O)c3c(O)c(O)c(O)c(O)c23)c(O)c2c(O)c(O)c(O)c(O)c2c1O. The van der Waals surface area contributed by atoms with E-state index in [1.54, 1.807) is 0 Å². The molecule has 1 atom stereocenters. The van der Waals surface area contributed by atoms with Crippen LogP contribution in [0, 0.1) is 13.8 Å². The van der Waals surface area contributed by atoms with Crippen molar-refractivity contribution in [2.75, 3.05) is 6.61 Å². The fourth-order valence-electron chi connectivity index (χ4n) is 8.99. The van der Waals surface area contributed by atoms with Crippen LogP contribution in [0.3, 0.4) is 0 Å². The van der Waals surface area contributed by atoms with Crippen molar-refractivity contribution >= 4 is 43.1 Å².